The molecule has 0 saturated heterocycles. The number of esters is 1. The van der Waals surface area contributed by atoms with Gasteiger partial charge in [-0.1, -0.05) is 201 Å². The lowest BCUT2D eigenvalue weighted by Crippen LogP contribution is -2.06. The Balaban J connectivity index is 3.51. The summed E-state index contributed by atoms with van der Waals surface area (Å²) in [5, 5.41) is 0. The van der Waals surface area contributed by atoms with Gasteiger partial charge in [0.05, 0.1) is 6.61 Å². The van der Waals surface area contributed by atoms with E-state index in [9.17, 15) is 4.79 Å². The molecule has 0 bridgehead atoms. The van der Waals surface area contributed by atoms with E-state index in [0.29, 0.717) is 13.0 Å². The molecule has 0 aliphatic rings. The summed E-state index contributed by atoms with van der Waals surface area (Å²) in [4.78, 5) is 12.0. The standard InChI is InChI=1S/C38H76O2/c1-5-7-9-10-20-26-32-37(31-24-8-6-2)33-27-22-23-29-35-40-38(39)34-28-21-18-16-14-12-11-13-15-17-19-25-30-36(3)4/h36-37H,5-35H2,1-4H3. The zero-order valence-electron chi connectivity index (χ0n) is 28.4. The molecule has 0 saturated carbocycles. The second-order valence-electron chi connectivity index (χ2n) is 13.5. The Bertz CT molecular complexity index is 486. The third-order valence-electron chi connectivity index (χ3n) is 8.86. The molecule has 2 heteroatoms. The highest BCUT2D eigenvalue weighted by Gasteiger charge is 2.09. The normalized spacial score (nSPS) is 12.3. The van der Waals surface area contributed by atoms with Gasteiger partial charge in [0.1, 0.15) is 0 Å². The summed E-state index contributed by atoms with van der Waals surface area (Å²) in [5.74, 6) is 1.85. The third-order valence-corrected chi connectivity index (χ3v) is 8.86. The Hall–Kier alpha value is -0.530. The fraction of sp³-hybridized carbons (Fsp3) is 0.974. The van der Waals surface area contributed by atoms with Gasteiger partial charge in [-0.25, -0.2) is 0 Å². The van der Waals surface area contributed by atoms with Crippen molar-refractivity contribution in [2.75, 3.05) is 6.61 Å². The molecule has 0 aromatic rings. The third kappa shape index (κ3) is 32.0. The molecule has 0 amide bonds. The molecule has 0 heterocycles. The first kappa shape index (κ1) is 39.5. The van der Waals surface area contributed by atoms with Crippen LogP contribution in [-0.2, 0) is 9.53 Å². The zero-order chi connectivity index (χ0) is 29.4. The maximum Gasteiger partial charge on any atom is 0.305 e. The summed E-state index contributed by atoms with van der Waals surface area (Å²) in [6.45, 7) is 9.91. The van der Waals surface area contributed by atoms with E-state index < -0.39 is 0 Å². The molecule has 0 spiro atoms. The quantitative estimate of drug-likeness (QED) is 0.0585. The molecular formula is C38H76O2. The average molecular weight is 565 g/mol. The molecule has 0 aliphatic heterocycles. The summed E-state index contributed by atoms with van der Waals surface area (Å²) < 4.78 is 5.51. The Morgan fingerprint density at radius 1 is 0.450 bits per heavy atom. The smallest absolute Gasteiger partial charge is 0.305 e. The fourth-order valence-electron chi connectivity index (χ4n) is 6.07. The number of rotatable bonds is 33. The lowest BCUT2D eigenvalue weighted by atomic mass is 9.90. The summed E-state index contributed by atoms with van der Waals surface area (Å²) in [6, 6.07) is 0. The van der Waals surface area contributed by atoms with Crippen molar-refractivity contribution in [1.29, 1.82) is 0 Å². The van der Waals surface area contributed by atoms with Gasteiger partial charge < -0.3 is 4.74 Å². The monoisotopic (exact) mass is 565 g/mol. The van der Waals surface area contributed by atoms with Gasteiger partial charge in [0.2, 0.25) is 0 Å². The highest BCUT2D eigenvalue weighted by molar-refractivity contribution is 5.69. The van der Waals surface area contributed by atoms with Gasteiger partial charge in [-0.05, 0) is 24.7 Å². The molecule has 0 radical (unpaired) electrons. The SMILES string of the molecule is CCCCCCCCC(CCCCC)CCCCCCOC(=O)CCCCCCCCCCCCCCC(C)C. The Kier molecular flexibility index (Phi) is 32.5. The van der Waals surface area contributed by atoms with E-state index in [1.54, 1.807) is 0 Å². The minimum absolute atomic E-state index is 0.0309. The van der Waals surface area contributed by atoms with Crippen LogP contribution in [0.3, 0.4) is 0 Å². The molecule has 0 aliphatic carbocycles. The van der Waals surface area contributed by atoms with Crippen molar-refractivity contribution in [3.8, 4) is 0 Å². The van der Waals surface area contributed by atoms with Gasteiger partial charge >= 0.3 is 5.97 Å². The maximum atomic E-state index is 12.0. The van der Waals surface area contributed by atoms with Crippen molar-refractivity contribution in [3.63, 3.8) is 0 Å². The number of ether oxygens (including phenoxy) is 1. The van der Waals surface area contributed by atoms with Crippen LogP contribution in [0, 0.1) is 11.8 Å². The summed E-state index contributed by atoms with van der Waals surface area (Å²) in [7, 11) is 0. The van der Waals surface area contributed by atoms with Crippen LogP contribution >= 0.6 is 0 Å². The molecule has 0 aromatic heterocycles. The highest BCUT2D eigenvalue weighted by atomic mass is 16.5. The molecule has 0 N–H and O–H groups in total. The molecule has 1 atom stereocenters. The lowest BCUT2D eigenvalue weighted by molar-refractivity contribution is -0.143. The minimum Gasteiger partial charge on any atom is -0.466 e. The van der Waals surface area contributed by atoms with E-state index in [4.69, 9.17) is 4.74 Å². The molecule has 0 aromatic carbocycles. The first-order chi connectivity index (χ1) is 19.6. The van der Waals surface area contributed by atoms with Gasteiger partial charge in [-0.15, -0.1) is 0 Å². The van der Waals surface area contributed by atoms with Crippen molar-refractivity contribution in [3.05, 3.63) is 0 Å². The lowest BCUT2D eigenvalue weighted by Gasteiger charge is -2.17. The van der Waals surface area contributed by atoms with Gasteiger partial charge in [-0.2, -0.15) is 0 Å². The van der Waals surface area contributed by atoms with Crippen LogP contribution in [-0.4, -0.2) is 12.6 Å². The molecule has 240 valence electrons. The zero-order valence-corrected chi connectivity index (χ0v) is 28.4. The van der Waals surface area contributed by atoms with E-state index in [1.807, 2.05) is 0 Å². The molecule has 0 rings (SSSR count). The Morgan fingerprint density at radius 3 is 1.27 bits per heavy atom. The predicted octanol–water partition coefficient (Wildman–Crippen LogP) is 13.5. The Morgan fingerprint density at radius 2 is 0.800 bits per heavy atom. The first-order valence-corrected chi connectivity index (χ1v) is 18.8. The van der Waals surface area contributed by atoms with E-state index in [-0.39, 0.29) is 5.97 Å². The van der Waals surface area contributed by atoms with Crippen molar-refractivity contribution >= 4 is 5.97 Å². The average Bonchev–Trinajstić information content (AvgIpc) is 2.94. The molecule has 40 heavy (non-hydrogen) atoms. The van der Waals surface area contributed by atoms with Crippen LogP contribution < -0.4 is 0 Å². The second kappa shape index (κ2) is 33.0. The first-order valence-electron chi connectivity index (χ1n) is 18.8. The van der Waals surface area contributed by atoms with Crippen molar-refractivity contribution in [2.45, 2.75) is 220 Å². The van der Waals surface area contributed by atoms with Crippen LogP contribution in [0.1, 0.15) is 220 Å². The summed E-state index contributed by atoms with van der Waals surface area (Å²) in [6.07, 6.45) is 40.0. The van der Waals surface area contributed by atoms with Crippen LogP contribution in [0.2, 0.25) is 0 Å². The summed E-state index contributed by atoms with van der Waals surface area (Å²) >= 11 is 0. The molecular weight excluding hydrogens is 488 g/mol. The summed E-state index contributed by atoms with van der Waals surface area (Å²) in [5.41, 5.74) is 0. The van der Waals surface area contributed by atoms with Crippen LogP contribution in [0.5, 0.6) is 0 Å². The number of unbranched alkanes of at least 4 members (excludes halogenated alkanes) is 21. The second-order valence-corrected chi connectivity index (χ2v) is 13.5. The minimum atomic E-state index is 0.0309. The fourth-order valence-corrected chi connectivity index (χ4v) is 6.07. The number of carbonyl (C=O) groups is 1. The van der Waals surface area contributed by atoms with E-state index in [0.717, 1.165) is 24.7 Å². The molecule has 0 fully saturated rings. The van der Waals surface area contributed by atoms with E-state index in [1.165, 1.54) is 173 Å². The van der Waals surface area contributed by atoms with Crippen molar-refractivity contribution < 1.29 is 9.53 Å². The van der Waals surface area contributed by atoms with Crippen molar-refractivity contribution in [2.24, 2.45) is 11.8 Å². The van der Waals surface area contributed by atoms with Crippen molar-refractivity contribution in [1.82, 2.24) is 0 Å². The highest BCUT2D eigenvalue weighted by Crippen LogP contribution is 2.24. The van der Waals surface area contributed by atoms with E-state index >= 15 is 0 Å². The largest absolute Gasteiger partial charge is 0.466 e. The van der Waals surface area contributed by atoms with Crippen LogP contribution in [0.4, 0.5) is 0 Å². The maximum absolute atomic E-state index is 12.0. The predicted molar refractivity (Wildman–Crippen MR) is 179 cm³/mol. The number of hydrogen-bond acceptors (Lipinski definition) is 2. The van der Waals surface area contributed by atoms with Gasteiger partial charge in [0, 0.05) is 6.42 Å². The van der Waals surface area contributed by atoms with Gasteiger partial charge in [-0.3, -0.25) is 4.79 Å². The van der Waals surface area contributed by atoms with Crippen LogP contribution in [0.15, 0.2) is 0 Å². The molecule has 1 unspecified atom stereocenters. The van der Waals surface area contributed by atoms with Crippen LogP contribution in [0.25, 0.3) is 0 Å². The van der Waals surface area contributed by atoms with Gasteiger partial charge in [0.25, 0.3) is 0 Å². The Labute approximate surface area is 254 Å². The number of hydrogen-bond donors (Lipinski definition) is 0. The number of carbonyl (C=O) groups excluding carboxylic acids is 1. The van der Waals surface area contributed by atoms with Gasteiger partial charge in [0.15, 0.2) is 0 Å². The topological polar surface area (TPSA) is 26.3 Å². The van der Waals surface area contributed by atoms with E-state index in [2.05, 4.69) is 27.7 Å². The molecule has 2 nitrogen and oxygen atoms in total.